The molecule has 0 fully saturated rings. The van der Waals surface area contributed by atoms with Gasteiger partial charge in [-0.1, -0.05) is 18.2 Å². The van der Waals surface area contributed by atoms with Crippen LogP contribution in [0, 0.1) is 12.7 Å². The molecule has 1 N–H and O–H groups in total. The molecule has 2 aromatic rings. The number of hydrogen-bond donors (Lipinski definition) is 1. The third-order valence-electron chi connectivity index (χ3n) is 2.99. The van der Waals surface area contributed by atoms with Crippen LogP contribution < -0.4 is 5.32 Å². The Bertz CT molecular complexity index is 521. The highest BCUT2D eigenvalue weighted by Gasteiger charge is 2.04. The minimum Gasteiger partial charge on any atom is -0.317 e. The van der Waals surface area contributed by atoms with E-state index in [-0.39, 0.29) is 5.82 Å². The van der Waals surface area contributed by atoms with Gasteiger partial charge in [0.05, 0.1) is 6.54 Å². The maximum atomic E-state index is 13.4. The maximum Gasteiger partial charge on any atom is 0.146 e. The predicted octanol–water partition coefficient (Wildman–Crippen LogP) is 1.59. The minimum atomic E-state index is -0.145. The lowest BCUT2D eigenvalue weighted by molar-refractivity contribution is 0.590. The number of halogens is 1. The maximum absolute atomic E-state index is 13.4. The van der Waals surface area contributed by atoms with E-state index in [0.29, 0.717) is 19.5 Å². The molecule has 0 aliphatic heterocycles. The summed E-state index contributed by atoms with van der Waals surface area (Å²) in [7, 11) is 1.93. The van der Waals surface area contributed by atoms with E-state index >= 15 is 0 Å². The lowest BCUT2D eigenvalue weighted by Gasteiger charge is -2.05. The van der Waals surface area contributed by atoms with E-state index in [9.17, 15) is 4.39 Å². The van der Waals surface area contributed by atoms with Crippen LogP contribution in [-0.4, -0.2) is 21.3 Å². The van der Waals surface area contributed by atoms with Gasteiger partial charge in [0, 0.05) is 7.05 Å². The van der Waals surface area contributed by atoms with Crippen molar-refractivity contribution in [3.63, 3.8) is 0 Å². The summed E-state index contributed by atoms with van der Waals surface area (Å²) < 4.78 is 15.3. The fourth-order valence-electron chi connectivity index (χ4n) is 1.73. The molecular weight excluding hydrogens is 231 g/mol. The van der Waals surface area contributed by atoms with Gasteiger partial charge in [-0.3, -0.25) is 0 Å². The smallest absolute Gasteiger partial charge is 0.146 e. The monoisotopic (exact) mass is 248 g/mol. The molecule has 0 saturated heterocycles. The number of rotatable bonds is 5. The van der Waals surface area contributed by atoms with Crippen LogP contribution in [0.3, 0.4) is 0 Å². The fourth-order valence-corrected chi connectivity index (χ4v) is 1.73. The predicted molar refractivity (Wildman–Crippen MR) is 67.6 cm³/mol. The first-order chi connectivity index (χ1) is 8.68. The quantitative estimate of drug-likeness (QED) is 0.817. The van der Waals surface area contributed by atoms with Gasteiger partial charge in [0.2, 0.25) is 0 Å². The van der Waals surface area contributed by atoms with Gasteiger partial charge in [0.1, 0.15) is 17.5 Å². The van der Waals surface area contributed by atoms with Crippen LogP contribution in [0.5, 0.6) is 0 Å². The van der Waals surface area contributed by atoms with Crippen LogP contribution in [0.2, 0.25) is 0 Å². The van der Waals surface area contributed by atoms with Crippen LogP contribution >= 0.6 is 0 Å². The van der Waals surface area contributed by atoms with Crippen molar-refractivity contribution in [2.45, 2.75) is 19.9 Å². The van der Waals surface area contributed by atoms with Gasteiger partial charge in [-0.15, -0.1) is 10.2 Å². The molecule has 0 amide bonds. The molecule has 5 heteroatoms. The van der Waals surface area contributed by atoms with Crippen LogP contribution in [0.1, 0.15) is 17.2 Å². The van der Waals surface area contributed by atoms with E-state index < -0.39 is 0 Å². The standard InChI is InChI=1S/C13H17FN4/c1-10-16-17-13(18(10)2)9-15-8-7-11-5-3-4-6-12(11)14/h3-6,15H,7-9H2,1-2H3. The van der Waals surface area contributed by atoms with Gasteiger partial charge in [-0.05, 0) is 31.5 Å². The third kappa shape index (κ3) is 2.92. The first-order valence-electron chi connectivity index (χ1n) is 5.97. The first-order valence-corrected chi connectivity index (χ1v) is 5.97. The highest BCUT2D eigenvalue weighted by Crippen LogP contribution is 2.06. The molecule has 0 saturated carbocycles. The van der Waals surface area contributed by atoms with Crippen LogP contribution in [0.4, 0.5) is 4.39 Å². The second-order valence-corrected chi connectivity index (χ2v) is 4.24. The highest BCUT2D eigenvalue weighted by atomic mass is 19.1. The minimum absolute atomic E-state index is 0.145. The Morgan fingerprint density at radius 2 is 2.06 bits per heavy atom. The molecule has 2 rings (SSSR count). The molecule has 0 bridgehead atoms. The van der Waals surface area contributed by atoms with E-state index in [0.717, 1.165) is 17.2 Å². The van der Waals surface area contributed by atoms with E-state index in [1.807, 2.05) is 30.7 Å². The van der Waals surface area contributed by atoms with Gasteiger partial charge in [0.25, 0.3) is 0 Å². The molecule has 1 aromatic heterocycles. The van der Waals surface area contributed by atoms with Crippen LogP contribution in [0.25, 0.3) is 0 Å². The summed E-state index contributed by atoms with van der Waals surface area (Å²) in [6, 6.07) is 6.85. The van der Waals surface area contributed by atoms with Gasteiger partial charge in [0.15, 0.2) is 0 Å². The summed E-state index contributed by atoms with van der Waals surface area (Å²) >= 11 is 0. The number of hydrogen-bond acceptors (Lipinski definition) is 3. The van der Waals surface area contributed by atoms with Gasteiger partial charge < -0.3 is 9.88 Å². The van der Waals surface area contributed by atoms with Crippen molar-refractivity contribution in [3.05, 3.63) is 47.3 Å². The molecule has 96 valence electrons. The largest absolute Gasteiger partial charge is 0.317 e. The van der Waals surface area contributed by atoms with Crippen molar-refractivity contribution in [2.24, 2.45) is 7.05 Å². The van der Waals surface area contributed by atoms with E-state index in [1.165, 1.54) is 6.07 Å². The second kappa shape index (κ2) is 5.73. The number of nitrogens with zero attached hydrogens (tertiary/aromatic N) is 3. The third-order valence-corrected chi connectivity index (χ3v) is 2.99. The average molecular weight is 248 g/mol. The Morgan fingerprint density at radius 1 is 1.28 bits per heavy atom. The van der Waals surface area contributed by atoms with Crippen molar-refractivity contribution in [3.8, 4) is 0 Å². The Labute approximate surface area is 106 Å². The number of nitrogens with one attached hydrogen (secondary N) is 1. The molecular formula is C13H17FN4. The summed E-state index contributed by atoms with van der Waals surface area (Å²) in [5, 5.41) is 11.3. The van der Waals surface area contributed by atoms with Crippen LogP contribution in [-0.2, 0) is 20.0 Å². The summed E-state index contributed by atoms with van der Waals surface area (Å²) in [4.78, 5) is 0. The Hall–Kier alpha value is -1.75. The molecule has 0 atom stereocenters. The normalized spacial score (nSPS) is 10.8. The van der Waals surface area contributed by atoms with Crippen molar-refractivity contribution < 1.29 is 4.39 Å². The summed E-state index contributed by atoms with van der Waals surface area (Å²) in [5.41, 5.74) is 0.735. The number of aromatic nitrogens is 3. The molecule has 0 aliphatic carbocycles. The zero-order valence-corrected chi connectivity index (χ0v) is 10.7. The zero-order valence-electron chi connectivity index (χ0n) is 10.7. The Balaban J connectivity index is 1.80. The van der Waals surface area contributed by atoms with Gasteiger partial charge in [-0.25, -0.2) is 4.39 Å². The second-order valence-electron chi connectivity index (χ2n) is 4.24. The van der Waals surface area contributed by atoms with Gasteiger partial charge >= 0.3 is 0 Å². The first kappa shape index (κ1) is 12.7. The van der Waals surface area contributed by atoms with Crippen molar-refractivity contribution in [2.75, 3.05) is 6.54 Å². The van der Waals surface area contributed by atoms with Crippen LogP contribution in [0.15, 0.2) is 24.3 Å². The summed E-state index contributed by atoms with van der Waals surface area (Å²) in [5.74, 6) is 1.63. The molecule has 1 aromatic carbocycles. The number of benzene rings is 1. The average Bonchev–Trinajstić information content (AvgIpc) is 2.68. The molecule has 4 nitrogen and oxygen atoms in total. The molecule has 0 unspecified atom stereocenters. The van der Waals surface area contributed by atoms with Crippen molar-refractivity contribution in [1.29, 1.82) is 0 Å². The van der Waals surface area contributed by atoms with E-state index in [2.05, 4.69) is 15.5 Å². The zero-order chi connectivity index (χ0) is 13.0. The lowest BCUT2D eigenvalue weighted by atomic mass is 10.1. The summed E-state index contributed by atoms with van der Waals surface area (Å²) in [6.45, 7) is 3.27. The molecule has 0 aliphatic rings. The fraction of sp³-hybridized carbons (Fsp3) is 0.385. The number of aryl methyl sites for hydroxylation is 1. The van der Waals surface area contributed by atoms with Crippen molar-refractivity contribution >= 4 is 0 Å². The Morgan fingerprint density at radius 3 is 2.72 bits per heavy atom. The van der Waals surface area contributed by atoms with Gasteiger partial charge in [-0.2, -0.15) is 0 Å². The molecule has 18 heavy (non-hydrogen) atoms. The SMILES string of the molecule is Cc1nnc(CNCCc2ccccc2F)n1C. The van der Waals surface area contributed by atoms with E-state index in [4.69, 9.17) is 0 Å². The highest BCUT2D eigenvalue weighted by molar-refractivity contribution is 5.17. The topological polar surface area (TPSA) is 42.7 Å². The lowest BCUT2D eigenvalue weighted by Crippen LogP contribution is -2.19. The molecule has 0 radical (unpaired) electrons. The van der Waals surface area contributed by atoms with E-state index in [1.54, 1.807) is 6.07 Å². The Kier molecular flexibility index (Phi) is 4.04. The van der Waals surface area contributed by atoms with Crippen molar-refractivity contribution in [1.82, 2.24) is 20.1 Å². The molecule has 1 heterocycles. The molecule has 0 spiro atoms. The summed E-state index contributed by atoms with van der Waals surface area (Å²) in [6.07, 6.45) is 0.670.